The number of aliphatic carboxylic acids is 1. The fourth-order valence-corrected chi connectivity index (χ4v) is 1.73. The van der Waals surface area contributed by atoms with Crippen LogP contribution in [0.1, 0.15) is 25.8 Å². The molecule has 0 aliphatic rings. The van der Waals surface area contributed by atoms with Gasteiger partial charge in [0.15, 0.2) is 0 Å². The van der Waals surface area contributed by atoms with Crippen LogP contribution in [0.15, 0.2) is 24.3 Å². The average Bonchev–Trinajstić information content (AvgIpc) is 2.29. The van der Waals surface area contributed by atoms with Crippen molar-refractivity contribution in [2.45, 2.75) is 25.7 Å². The Kier molecular flexibility index (Phi) is 4.31. The van der Waals surface area contributed by atoms with Gasteiger partial charge in [-0.2, -0.15) is 0 Å². The minimum absolute atomic E-state index is 0.302. The first-order valence-corrected chi connectivity index (χ1v) is 5.63. The molecule has 1 rings (SSSR count). The van der Waals surface area contributed by atoms with Gasteiger partial charge in [0.2, 0.25) is 5.91 Å². The van der Waals surface area contributed by atoms with Gasteiger partial charge in [0.1, 0.15) is 5.75 Å². The van der Waals surface area contributed by atoms with Gasteiger partial charge in [0.25, 0.3) is 0 Å². The largest absolute Gasteiger partial charge is 0.549 e. The van der Waals surface area contributed by atoms with Crippen molar-refractivity contribution in [3.05, 3.63) is 29.8 Å². The summed E-state index contributed by atoms with van der Waals surface area (Å²) in [6.07, 6.45) is -0.302. The van der Waals surface area contributed by atoms with Gasteiger partial charge in [-0.15, -0.1) is 0 Å². The van der Waals surface area contributed by atoms with Gasteiger partial charge in [-0.1, -0.05) is 12.1 Å². The normalized spacial score (nSPS) is 13.7. The van der Waals surface area contributed by atoms with E-state index in [2.05, 4.69) is 0 Å². The molecule has 5 heteroatoms. The molecule has 5 nitrogen and oxygen atoms in total. The summed E-state index contributed by atoms with van der Waals surface area (Å²) in [7, 11) is 0. The number of rotatable bonds is 6. The monoisotopic (exact) mass is 250 g/mol. The highest BCUT2D eigenvalue weighted by Gasteiger charge is 2.30. The predicted molar refractivity (Wildman–Crippen MR) is 63.8 cm³/mol. The van der Waals surface area contributed by atoms with Crippen LogP contribution < -0.4 is 15.6 Å². The second-order valence-electron chi connectivity index (χ2n) is 4.22. The van der Waals surface area contributed by atoms with Crippen molar-refractivity contribution in [2.75, 3.05) is 6.61 Å². The molecular formula is C13H16NO4-. The third kappa shape index (κ3) is 3.00. The Labute approximate surface area is 106 Å². The van der Waals surface area contributed by atoms with Crippen molar-refractivity contribution >= 4 is 11.9 Å². The number of carboxylic acids is 1. The van der Waals surface area contributed by atoms with E-state index < -0.39 is 17.3 Å². The van der Waals surface area contributed by atoms with E-state index in [0.717, 1.165) is 0 Å². The Hall–Kier alpha value is -2.04. The van der Waals surface area contributed by atoms with Gasteiger partial charge < -0.3 is 20.4 Å². The summed E-state index contributed by atoms with van der Waals surface area (Å²) in [5.41, 5.74) is 4.12. The van der Waals surface area contributed by atoms with Crippen LogP contribution in [-0.4, -0.2) is 18.5 Å². The molecular weight excluding hydrogens is 234 g/mol. The Morgan fingerprint density at radius 3 is 2.28 bits per heavy atom. The van der Waals surface area contributed by atoms with Crippen LogP contribution in [0, 0.1) is 0 Å². The lowest BCUT2D eigenvalue weighted by atomic mass is 9.79. The number of nitrogens with two attached hydrogens (primary N) is 1. The van der Waals surface area contributed by atoms with Gasteiger partial charge in [0.05, 0.1) is 12.6 Å². The number of benzene rings is 1. The summed E-state index contributed by atoms with van der Waals surface area (Å²) in [4.78, 5) is 22.2. The standard InChI is InChI=1S/C13H17NO4/c1-3-18-10-6-4-9(5-7-10)13(2,12(16)17)8-11(14)15/h4-7H,3,8H2,1-2H3,(H2,14,15)(H,16,17)/p-1/t13-/m1/s1. The maximum Gasteiger partial charge on any atom is 0.218 e. The highest BCUT2D eigenvalue weighted by Crippen LogP contribution is 2.28. The second-order valence-corrected chi connectivity index (χ2v) is 4.22. The number of carbonyl (C=O) groups excluding carboxylic acids is 2. The molecule has 0 heterocycles. The summed E-state index contributed by atoms with van der Waals surface area (Å²) in [5.74, 6) is -1.37. The molecule has 0 bridgehead atoms. The van der Waals surface area contributed by atoms with Gasteiger partial charge >= 0.3 is 0 Å². The minimum atomic E-state index is -1.42. The first-order valence-electron chi connectivity index (χ1n) is 5.63. The summed E-state index contributed by atoms with van der Waals surface area (Å²) >= 11 is 0. The molecule has 0 aromatic heterocycles. The van der Waals surface area contributed by atoms with Crippen molar-refractivity contribution in [1.29, 1.82) is 0 Å². The van der Waals surface area contributed by atoms with E-state index in [0.29, 0.717) is 17.9 Å². The molecule has 0 saturated heterocycles. The van der Waals surface area contributed by atoms with E-state index in [1.807, 2.05) is 6.92 Å². The van der Waals surface area contributed by atoms with Gasteiger partial charge in [-0.05, 0) is 31.5 Å². The lowest BCUT2D eigenvalue weighted by Gasteiger charge is -2.30. The van der Waals surface area contributed by atoms with Crippen LogP contribution >= 0.6 is 0 Å². The summed E-state index contributed by atoms with van der Waals surface area (Å²) in [6, 6.07) is 6.51. The highest BCUT2D eigenvalue weighted by atomic mass is 16.5. The highest BCUT2D eigenvalue weighted by molar-refractivity contribution is 5.87. The molecule has 0 unspecified atom stereocenters. The molecule has 1 atom stereocenters. The van der Waals surface area contributed by atoms with Crippen LogP contribution in [0.3, 0.4) is 0 Å². The summed E-state index contributed by atoms with van der Waals surface area (Å²) in [5, 5.41) is 11.2. The Bertz CT molecular complexity index is 441. The molecule has 0 spiro atoms. The minimum Gasteiger partial charge on any atom is -0.549 e. The maximum atomic E-state index is 11.2. The average molecular weight is 250 g/mol. The second kappa shape index (κ2) is 5.53. The fourth-order valence-electron chi connectivity index (χ4n) is 1.73. The van der Waals surface area contributed by atoms with Gasteiger partial charge in [-0.3, -0.25) is 4.79 Å². The summed E-state index contributed by atoms with van der Waals surface area (Å²) in [6.45, 7) is 3.80. The molecule has 98 valence electrons. The zero-order valence-electron chi connectivity index (χ0n) is 10.4. The predicted octanol–water partition coefficient (Wildman–Crippen LogP) is -0.0317. The van der Waals surface area contributed by atoms with Crippen LogP contribution in [0.5, 0.6) is 5.75 Å². The van der Waals surface area contributed by atoms with E-state index in [4.69, 9.17) is 10.5 Å². The van der Waals surface area contributed by atoms with Crippen LogP contribution in [0.2, 0.25) is 0 Å². The van der Waals surface area contributed by atoms with Crippen molar-refractivity contribution in [1.82, 2.24) is 0 Å². The van der Waals surface area contributed by atoms with Crippen molar-refractivity contribution in [3.8, 4) is 5.75 Å². The van der Waals surface area contributed by atoms with Crippen molar-refractivity contribution < 1.29 is 19.4 Å². The van der Waals surface area contributed by atoms with Crippen LogP contribution in [0.25, 0.3) is 0 Å². The van der Waals surface area contributed by atoms with E-state index in [-0.39, 0.29) is 6.42 Å². The molecule has 0 fully saturated rings. The van der Waals surface area contributed by atoms with Crippen molar-refractivity contribution in [3.63, 3.8) is 0 Å². The molecule has 2 N–H and O–H groups in total. The number of hydrogen-bond donors (Lipinski definition) is 1. The Balaban J connectivity index is 3.06. The molecule has 0 aliphatic heterocycles. The zero-order valence-corrected chi connectivity index (χ0v) is 10.4. The zero-order chi connectivity index (χ0) is 13.8. The molecule has 0 radical (unpaired) electrons. The maximum absolute atomic E-state index is 11.2. The van der Waals surface area contributed by atoms with Crippen LogP contribution in [-0.2, 0) is 15.0 Å². The fraction of sp³-hybridized carbons (Fsp3) is 0.385. The third-order valence-electron chi connectivity index (χ3n) is 2.78. The smallest absolute Gasteiger partial charge is 0.218 e. The lowest BCUT2D eigenvalue weighted by molar-refractivity contribution is -0.313. The third-order valence-corrected chi connectivity index (χ3v) is 2.78. The van der Waals surface area contributed by atoms with Crippen LogP contribution in [0.4, 0.5) is 0 Å². The number of primary amides is 1. The van der Waals surface area contributed by atoms with Gasteiger partial charge in [-0.25, -0.2) is 0 Å². The number of carbonyl (C=O) groups is 2. The topological polar surface area (TPSA) is 92.5 Å². The quantitative estimate of drug-likeness (QED) is 0.767. The lowest BCUT2D eigenvalue weighted by Crippen LogP contribution is -2.46. The summed E-state index contributed by atoms with van der Waals surface area (Å²) < 4.78 is 5.26. The van der Waals surface area contributed by atoms with E-state index in [1.54, 1.807) is 24.3 Å². The number of ether oxygens (including phenoxy) is 1. The van der Waals surface area contributed by atoms with E-state index in [1.165, 1.54) is 6.92 Å². The van der Waals surface area contributed by atoms with E-state index in [9.17, 15) is 14.7 Å². The molecule has 1 aromatic carbocycles. The Morgan fingerprint density at radius 2 is 1.89 bits per heavy atom. The number of hydrogen-bond acceptors (Lipinski definition) is 4. The number of carboxylic acid groups (broad SMARTS) is 1. The molecule has 1 amide bonds. The first kappa shape index (κ1) is 14.0. The van der Waals surface area contributed by atoms with Gasteiger partial charge in [0, 0.05) is 11.8 Å². The SMILES string of the molecule is CCOc1ccc([C@@](C)(CC(N)=O)C(=O)[O-])cc1. The molecule has 0 saturated carbocycles. The number of amides is 1. The molecule has 0 aliphatic carbocycles. The Morgan fingerprint density at radius 1 is 1.33 bits per heavy atom. The molecule has 18 heavy (non-hydrogen) atoms. The first-order chi connectivity index (χ1) is 8.40. The molecule has 1 aromatic rings. The van der Waals surface area contributed by atoms with Crippen molar-refractivity contribution in [2.24, 2.45) is 5.73 Å². The van der Waals surface area contributed by atoms with E-state index >= 15 is 0 Å².